The molecule has 0 aliphatic heterocycles. The summed E-state index contributed by atoms with van der Waals surface area (Å²) in [7, 11) is -4.01. The van der Waals surface area contributed by atoms with Crippen LogP contribution in [0, 0.1) is 0 Å². The molecular formula is C34H68NO4P. The first-order valence-electron chi connectivity index (χ1n) is 17.5. The predicted molar refractivity (Wildman–Crippen MR) is 173 cm³/mol. The van der Waals surface area contributed by atoms with Gasteiger partial charge in [0.15, 0.2) is 0 Å². The van der Waals surface area contributed by atoms with Crippen molar-refractivity contribution in [3.8, 4) is 0 Å². The molecule has 0 saturated carbocycles. The Hall–Kier alpha value is -0.510. The Bertz CT molecular complexity index is 593. The van der Waals surface area contributed by atoms with Gasteiger partial charge in [-0.2, -0.15) is 0 Å². The largest absolute Gasteiger partial charge is 0.383 e. The van der Waals surface area contributed by atoms with Gasteiger partial charge in [0, 0.05) is 19.4 Å². The van der Waals surface area contributed by atoms with Crippen molar-refractivity contribution in [2.24, 2.45) is 5.73 Å². The topological polar surface area (TPSA) is 97.5 Å². The highest BCUT2D eigenvalue weighted by atomic mass is 31.2. The van der Waals surface area contributed by atoms with E-state index in [1.54, 1.807) is 0 Å². The van der Waals surface area contributed by atoms with Gasteiger partial charge in [0.25, 0.3) is 0 Å². The number of hydrogen-bond donors (Lipinski definition) is 2. The van der Waals surface area contributed by atoms with E-state index in [1.807, 2.05) is 0 Å². The highest BCUT2D eigenvalue weighted by molar-refractivity contribution is 7.94. The molecule has 1 unspecified atom stereocenters. The second-order valence-electron chi connectivity index (χ2n) is 12.1. The molecule has 0 aliphatic rings. The average Bonchev–Trinajstić information content (AvgIpc) is 2.96. The summed E-state index contributed by atoms with van der Waals surface area (Å²) in [6.07, 6.45) is 31.5. The lowest BCUT2D eigenvalue weighted by Gasteiger charge is -2.20. The Labute approximate surface area is 249 Å². The number of aliphatic hydroxyl groups excluding tert-OH is 1. The van der Waals surface area contributed by atoms with E-state index in [-0.39, 0.29) is 19.4 Å². The molecule has 5 nitrogen and oxygen atoms in total. The van der Waals surface area contributed by atoms with Crippen LogP contribution in [0.5, 0.6) is 0 Å². The van der Waals surface area contributed by atoms with Gasteiger partial charge in [-0.25, -0.2) is 0 Å². The summed E-state index contributed by atoms with van der Waals surface area (Å²) in [6, 6.07) is 0. The third kappa shape index (κ3) is 20.4. The Morgan fingerprint density at radius 2 is 0.725 bits per heavy atom. The average molecular weight is 586 g/mol. The molecule has 0 fully saturated rings. The van der Waals surface area contributed by atoms with Crippen LogP contribution in [-0.4, -0.2) is 28.5 Å². The van der Waals surface area contributed by atoms with Crippen LogP contribution in [0.15, 0.2) is 0 Å². The zero-order valence-electron chi connectivity index (χ0n) is 26.8. The molecule has 0 spiro atoms. The predicted octanol–water partition coefficient (Wildman–Crippen LogP) is 10.6. The zero-order chi connectivity index (χ0) is 29.7. The van der Waals surface area contributed by atoms with Crippen LogP contribution in [0.25, 0.3) is 0 Å². The van der Waals surface area contributed by atoms with Crippen LogP contribution >= 0.6 is 7.14 Å². The van der Waals surface area contributed by atoms with Crippen molar-refractivity contribution in [3.05, 3.63) is 0 Å². The molecule has 40 heavy (non-hydrogen) atoms. The van der Waals surface area contributed by atoms with E-state index >= 15 is 0 Å². The molecule has 0 saturated heterocycles. The lowest BCUT2D eigenvalue weighted by Crippen LogP contribution is -2.27. The molecule has 0 rings (SSSR count). The summed E-state index contributed by atoms with van der Waals surface area (Å²) in [6.45, 7) is 4.18. The molecule has 238 valence electrons. The fourth-order valence-electron chi connectivity index (χ4n) is 5.54. The van der Waals surface area contributed by atoms with Gasteiger partial charge in [-0.3, -0.25) is 9.59 Å². The van der Waals surface area contributed by atoms with Crippen molar-refractivity contribution in [3.63, 3.8) is 0 Å². The number of carbonyl (C=O) groups is 2. The molecule has 0 aliphatic carbocycles. The second-order valence-corrected chi connectivity index (χ2v) is 15.1. The van der Waals surface area contributed by atoms with Crippen molar-refractivity contribution >= 4 is 18.2 Å². The van der Waals surface area contributed by atoms with Gasteiger partial charge in [0.1, 0.15) is 5.85 Å². The van der Waals surface area contributed by atoms with Gasteiger partial charge >= 0.3 is 0 Å². The van der Waals surface area contributed by atoms with Gasteiger partial charge in [-0.15, -0.1) is 0 Å². The zero-order valence-corrected chi connectivity index (χ0v) is 27.7. The minimum absolute atomic E-state index is 0.108. The maximum Gasteiger partial charge on any atom is 0.239 e. The molecule has 0 amide bonds. The fraction of sp³-hybridized carbons (Fsp3) is 0.941. The number of nitrogens with two attached hydrogens (primary N) is 1. The first kappa shape index (κ1) is 39.5. The second kappa shape index (κ2) is 28.6. The number of carbonyl (C=O) groups excluding carboxylic acids is 2. The van der Waals surface area contributed by atoms with E-state index in [2.05, 4.69) is 13.8 Å². The third-order valence-electron chi connectivity index (χ3n) is 8.36. The van der Waals surface area contributed by atoms with Crippen LogP contribution in [0.2, 0.25) is 0 Å². The standard InChI is InChI=1S/C34H68NO4P/c1-3-5-7-9-11-13-15-17-19-21-23-25-27-29-32(36)40(39,34(38)31-35)33(37)30-28-26-24-22-20-18-16-14-12-10-8-6-4-2/h34,38H,3-31,35H2,1-2H3. The van der Waals surface area contributed by atoms with E-state index in [0.717, 1.165) is 38.5 Å². The summed E-state index contributed by atoms with van der Waals surface area (Å²) < 4.78 is 13.4. The molecule has 0 aromatic rings. The minimum atomic E-state index is -4.01. The molecule has 6 heteroatoms. The molecule has 0 radical (unpaired) electrons. The maximum atomic E-state index is 13.4. The highest BCUT2D eigenvalue weighted by Crippen LogP contribution is 2.53. The van der Waals surface area contributed by atoms with Crippen molar-refractivity contribution in [2.75, 3.05) is 6.54 Å². The van der Waals surface area contributed by atoms with Gasteiger partial charge in [0.2, 0.25) is 18.2 Å². The summed E-state index contributed by atoms with van der Waals surface area (Å²) in [4.78, 5) is 25.7. The van der Waals surface area contributed by atoms with Crippen molar-refractivity contribution in [1.82, 2.24) is 0 Å². The monoisotopic (exact) mass is 585 g/mol. The van der Waals surface area contributed by atoms with Crippen LogP contribution in [-0.2, 0) is 14.2 Å². The third-order valence-corrected chi connectivity index (χ3v) is 11.3. The molecule has 0 aromatic carbocycles. The first-order chi connectivity index (χ1) is 19.4. The summed E-state index contributed by atoms with van der Waals surface area (Å²) in [5.74, 6) is -1.53. The minimum Gasteiger partial charge on any atom is -0.383 e. The Morgan fingerprint density at radius 3 is 0.950 bits per heavy atom. The van der Waals surface area contributed by atoms with Crippen LogP contribution in [0.3, 0.4) is 0 Å². The number of rotatable bonds is 32. The van der Waals surface area contributed by atoms with Gasteiger partial charge in [0.05, 0.1) is 0 Å². The van der Waals surface area contributed by atoms with E-state index in [9.17, 15) is 19.3 Å². The number of hydrogen-bond acceptors (Lipinski definition) is 5. The molecule has 0 heterocycles. The Kier molecular flexibility index (Phi) is 28.2. The van der Waals surface area contributed by atoms with Gasteiger partial charge in [-0.05, 0) is 12.8 Å². The Balaban J connectivity index is 4.00. The number of aliphatic hydroxyl groups is 1. The van der Waals surface area contributed by atoms with Crippen LogP contribution in [0.1, 0.15) is 194 Å². The van der Waals surface area contributed by atoms with Crippen molar-refractivity contribution in [1.29, 1.82) is 0 Å². The number of unbranched alkanes of at least 4 members (excludes halogenated alkanes) is 24. The first-order valence-corrected chi connectivity index (χ1v) is 19.3. The van der Waals surface area contributed by atoms with E-state index in [4.69, 9.17) is 5.73 Å². The van der Waals surface area contributed by atoms with Gasteiger partial charge in [-0.1, -0.05) is 168 Å². The fourth-order valence-corrected chi connectivity index (χ4v) is 7.76. The van der Waals surface area contributed by atoms with Crippen LogP contribution < -0.4 is 5.73 Å². The van der Waals surface area contributed by atoms with Gasteiger partial charge < -0.3 is 15.4 Å². The lowest BCUT2D eigenvalue weighted by atomic mass is 10.0. The van der Waals surface area contributed by atoms with Crippen molar-refractivity contribution < 1.29 is 19.3 Å². The molecule has 3 N–H and O–H groups in total. The molecule has 0 bridgehead atoms. The maximum absolute atomic E-state index is 13.4. The normalized spacial score (nSPS) is 12.6. The summed E-state index contributed by atoms with van der Waals surface area (Å²) >= 11 is 0. The lowest BCUT2D eigenvalue weighted by molar-refractivity contribution is -0.115. The van der Waals surface area contributed by atoms with E-state index < -0.39 is 24.0 Å². The molecule has 1 atom stereocenters. The smallest absolute Gasteiger partial charge is 0.239 e. The highest BCUT2D eigenvalue weighted by Gasteiger charge is 2.44. The van der Waals surface area contributed by atoms with E-state index in [0.29, 0.717) is 12.8 Å². The molecular weight excluding hydrogens is 517 g/mol. The van der Waals surface area contributed by atoms with Crippen molar-refractivity contribution in [2.45, 2.75) is 199 Å². The SMILES string of the molecule is CCCCCCCCCCCCCCCC(=O)P(=O)(C(=O)CCCCCCCCCCCCCCC)C(O)CN. The Morgan fingerprint density at radius 1 is 0.500 bits per heavy atom. The van der Waals surface area contributed by atoms with Crippen LogP contribution in [0.4, 0.5) is 0 Å². The summed E-state index contributed by atoms with van der Waals surface area (Å²) in [5.41, 5.74) is 4.43. The molecule has 0 aromatic heterocycles. The summed E-state index contributed by atoms with van der Waals surface area (Å²) in [5, 5.41) is 10.3. The quantitative estimate of drug-likeness (QED) is 0.0604. The van der Waals surface area contributed by atoms with E-state index in [1.165, 1.54) is 116 Å².